The number of aromatic nitrogens is 2. The third kappa shape index (κ3) is 3.28. The summed E-state index contributed by atoms with van der Waals surface area (Å²) in [5.74, 6) is 0.877. The first-order valence-corrected chi connectivity index (χ1v) is 9.44. The van der Waals surface area contributed by atoms with Gasteiger partial charge in [-0.2, -0.15) is 0 Å². The van der Waals surface area contributed by atoms with Crippen molar-refractivity contribution in [3.8, 4) is 11.4 Å². The fourth-order valence-corrected chi connectivity index (χ4v) is 3.81. The molecule has 6 heteroatoms. The number of ether oxygens (including phenoxy) is 1. The molecule has 1 saturated heterocycles. The van der Waals surface area contributed by atoms with E-state index in [1.807, 2.05) is 50.5 Å². The third-order valence-corrected chi connectivity index (χ3v) is 5.25. The first-order chi connectivity index (χ1) is 13.2. The van der Waals surface area contributed by atoms with Crippen molar-refractivity contribution in [2.45, 2.75) is 19.0 Å². The zero-order chi connectivity index (χ0) is 18.8. The van der Waals surface area contributed by atoms with Crippen LogP contribution in [0.2, 0.25) is 0 Å². The normalized spacial score (nSPS) is 19.2. The van der Waals surface area contributed by atoms with Gasteiger partial charge in [-0.25, -0.2) is 0 Å². The predicted octanol–water partition coefficient (Wildman–Crippen LogP) is 3.87. The van der Waals surface area contributed by atoms with Crippen LogP contribution >= 0.6 is 12.2 Å². The molecular weight excluding hydrogens is 356 g/mol. The van der Waals surface area contributed by atoms with Gasteiger partial charge in [0.2, 0.25) is 0 Å². The number of pyridine rings is 1. The summed E-state index contributed by atoms with van der Waals surface area (Å²) >= 11 is 5.54. The quantitative estimate of drug-likeness (QED) is 0.683. The Morgan fingerprint density at radius 2 is 1.93 bits per heavy atom. The first kappa shape index (κ1) is 17.5. The molecule has 4 rings (SSSR count). The van der Waals surface area contributed by atoms with Crippen molar-refractivity contribution in [2.75, 3.05) is 13.7 Å². The Morgan fingerprint density at radius 3 is 2.63 bits per heavy atom. The maximum atomic E-state index is 5.56. The Labute approximate surface area is 164 Å². The summed E-state index contributed by atoms with van der Waals surface area (Å²) in [6.45, 7) is 2.65. The molecule has 27 heavy (non-hydrogen) atoms. The van der Waals surface area contributed by atoms with E-state index in [2.05, 4.69) is 50.2 Å². The number of hydrogen-bond donors (Lipinski definition) is 1. The van der Waals surface area contributed by atoms with Crippen molar-refractivity contribution in [3.05, 3.63) is 78.4 Å². The van der Waals surface area contributed by atoms with Crippen molar-refractivity contribution in [2.24, 2.45) is 0 Å². The van der Waals surface area contributed by atoms with Crippen LogP contribution in [-0.4, -0.2) is 33.2 Å². The number of nitrogens with zero attached hydrogens (tertiary/aromatic N) is 3. The topological polar surface area (TPSA) is 42.3 Å². The second-order valence-corrected chi connectivity index (χ2v) is 6.85. The van der Waals surface area contributed by atoms with Crippen LogP contribution < -0.4 is 10.1 Å². The van der Waals surface area contributed by atoms with E-state index in [0.29, 0.717) is 6.61 Å². The molecule has 1 N–H and O–H groups in total. The zero-order valence-corrected chi connectivity index (χ0v) is 16.2. The number of hydrogen-bond acceptors (Lipinski definition) is 3. The predicted molar refractivity (Wildman–Crippen MR) is 110 cm³/mol. The lowest BCUT2D eigenvalue weighted by molar-refractivity contribution is 0.340. The molecule has 5 nitrogen and oxygen atoms in total. The van der Waals surface area contributed by atoms with E-state index < -0.39 is 0 Å². The molecule has 0 aliphatic carbocycles. The largest absolute Gasteiger partial charge is 0.494 e. The minimum atomic E-state index is 0.0000444. The second-order valence-electron chi connectivity index (χ2n) is 6.47. The number of likely N-dealkylation sites (N-methyl/N-ethyl adjacent to an activating group) is 1. The summed E-state index contributed by atoms with van der Waals surface area (Å²) in [5.41, 5.74) is 3.22. The molecule has 3 aromatic rings. The van der Waals surface area contributed by atoms with Crippen LogP contribution in [0.15, 0.2) is 67.0 Å². The second kappa shape index (κ2) is 7.40. The highest BCUT2D eigenvalue weighted by atomic mass is 32.1. The van der Waals surface area contributed by atoms with E-state index in [0.717, 1.165) is 27.9 Å². The van der Waals surface area contributed by atoms with Crippen LogP contribution in [0, 0.1) is 0 Å². The van der Waals surface area contributed by atoms with Gasteiger partial charge in [0, 0.05) is 30.8 Å². The van der Waals surface area contributed by atoms with Gasteiger partial charge >= 0.3 is 0 Å². The fourth-order valence-electron chi connectivity index (χ4n) is 3.57. The summed E-state index contributed by atoms with van der Waals surface area (Å²) in [6, 6.07) is 18.4. The Bertz CT molecular complexity index is 923. The molecule has 2 atom stereocenters. The SMILES string of the molecule is CCOc1ccc(-n2cccc2[C@H]2[C@H](c3ccccn3)NC(=S)N2C)cc1. The molecule has 0 radical (unpaired) electrons. The van der Waals surface area contributed by atoms with Gasteiger partial charge in [-0.15, -0.1) is 0 Å². The third-order valence-electron chi connectivity index (χ3n) is 4.85. The monoisotopic (exact) mass is 378 g/mol. The van der Waals surface area contributed by atoms with Crippen LogP contribution in [0.3, 0.4) is 0 Å². The first-order valence-electron chi connectivity index (χ1n) is 9.04. The Balaban J connectivity index is 1.72. The molecule has 3 heterocycles. The lowest BCUT2D eigenvalue weighted by Crippen LogP contribution is -2.25. The van der Waals surface area contributed by atoms with Gasteiger partial charge in [-0.1, -0.05) is 6.07 Å². The van der Waals surface area contributed by atoms with Gasteiger partial charge in [0.1, 0.15) is 5.75 Å². The molecule has 0 unspecified atom stereocenters. The highest BCUT2D eigenvalue weighted by Crippen LogP contribution is 2.38. The maximum absolute atomic E-state index is 5.56. The van der Waals surface area contributed by atoms with Gasteiger partial charge < -0.3 is 19.5 Å². The van der Waals surface area contributed by atoms with Crippen LogP contribution in [0.4, 0.5) is 0 Å². The smallest absolute Gasteiger partial charge is 0.169 e. The van der Waals surface area contributed by atoms with E-state index in [1.165, 1.54) is 0 Å². The highest BCUT2D eigenvalue weighted by molar-refractivity contribution is 7.80. The molecule has 138 valence electrons. The molecule has 0 bridgehead atoms. The van der Waals surface area contributed by atoms with E-state index in [-0.39, 0.29) is 12.1 Å². The molecule has 1 fully saturated rings. The minimum Gasteiger partial charge on any atom is -0.494 e. The Morgan fingerprint density at radius 1 is 1.11 bits per heavy atom. The van der Waals surface area contributed by atoms with E-state index >= 15 is 0 Å². The molecule has 0 saturated carbocycles. The van der Waals surface area contributed by atoms with Gasteiger partial charge in [-0.05, 0) is 67.7 Å². The van der Waals surface area contributed by atoms with E-state index in [4.69, 9.17) is 17.0 Å². The molecule has 2 aromatic heterocycles. The lowest BCUT2D eigenvalue weighted by Gasteiger charge is -2.25. The van der Waals surface area contributed by atoms with Crippen molar-refractivity contribution in [1.29, 1.82) is 0 Å². The number of thiocarbonyl (C=S) groups is 1. The zero-order valence-electron chi connectivity index (χ0n) is 15.4. The van der Waals surface area contributed by atoms with Crippen LogP contribution in [0.5, 0.6) is 5.75 Å². The van der Waals surface area contributed by atoms with Crippen molar-refractivity contribution in [1.82, 2.24) is 19.8 Å². The summed E-state index contributed by atoms with van der Waals surface area (Å²) in [5, 5.41) is 4.16. The molecular formula is C21H22N4OS. The highest BCUT2D eigenvalue weighted by Gasteiger charge is 2.39. The fraction of sp³-hybridized carbons (Fsp3) is 0.238. The average Bonchev–Trinajstić information content (AvgIpc) is 3.28. The summed E-state index contributed by atoms with van der Waals surface area (Å²) < 4.78 is 7.76. The van der Waals surface area contributed by atoms with Crippen molar-refractivity contribution >= 4 is 17.3 Å². The molecule has 1 aromatic carbocycles. The van der Waals surface area contributed by atoms with E-state index in [9.17, 15) is 0 Å². The molecule has 0 spiro atoms. The summed E-state index contributed by atoms with van der Waals surface area (Å²) in [6.07, 6.45) is 3.90. The Kier molecular flexibility index (Phi) is 4.81. The van der Waals surface area contributed by atoms with Crippen molar-refractivity contribution in [3.63, 3.8) is 0 Å². The number of rotatable bonds is 5. The average molecular weight is 379 g/mol. The summed E-state index contributed by atoms with van der Waals surface area (Å²) in [4.78, 5) is 6.66. The van der Waals surface area contributed by atoms with Gasteiger partial charge in [0.15, 0.2) is 5.11 Å². The number of benzene rings is 1. The lowest BCUT2D eigenvalue weighted by atomic mass is 10.0. The molecule has 1 aliphatic heterocycles. The van der Waals surface area contributed by atoms with Crippen LogP contribution in [0.25, 0.3) is 5.69 Å². The molecule has 0 amide bonds. The molecule has 1 aliphatic rings. The summed E-state index contributed by atoms with van der Waals surface area (Å²) in [7, 11) is 2.03. The number of nitrogens with one attached hydrogen (secondary N) is 1. The van der Waals surface area contributed by atoms with Gasteiger partial charge in [-0.3, -0.25) is 4.98 Å². The minimum absolute atomic E-state index is 0.0000444. The van der Waals surface area contributed by atoms with Crippen LogP contribution in [-0.2, 0) is 0 Å². The maximum Gasteiger partial charge on any atom is 0.169 e. The standard InChI is InChI=1S/C21H22N4OS/c1-3-26-16-11-9-15(10-12-16)25-14-6-8-18(25)20-19(23-21(27)24(20)2)17-7-4-5-13-22-17/h4-14,19-20H,3H2,1-2H3,(H,23,27)/t19-,20-/m0/s1. The van der Waals surface area contributed by atoms with Gasteiger partial charge in [0.25, 0.3) is 0 Å². The Hall–Kier alpha value is -2.86. The van der Waals surface area contributed by atoms with Gasteiger partial charge in [0.05, 0.1) is 24.4 Å². The van der Waals surface area contributed by atoms with Crippen molar-refractivity contribution < 1.29 is 4.74 Å². The van der Waals surface area contributed by atoms with Crippen LogP contribution in [0.1, 0.15) is 30.4 Å². The van der Waals surface area contributed by atoms with E-state index in [1.54, 1.807) is 0 Å².